The molecule has 3 nitrogen and oxygen atoms in total. The van der Waals surface area contributed by atoms with E-state index in [1.807, 2.05) is 0 Å². The van der Waals surface area contributed by atoms with Gasteiger partial charge in [-0.25, -0.2) is 4.98 Å². The molecule has 0 saturated heterocycles. The van der Waals surface area contributed by atoms with Crippen LogP contribution in [0.15, 0.2) is 30.7 Å². The van der Waals surface area contributed by atoms with E-state index in [1.165, 1.54) is 6.20 Å². The average Bonchev–Trinajstić information content (AvgIpc) is 2.78. The summed E-state index contributed by atoms with van der Waals surface area (Å²) in [5.41, 5.74) is -1.27. The molecule has 0 spiro atoms. The molecule has 2 heterocycles. The second-order valence-electron chi connectivity index (χ2n) is 4.51. The van der Waals surface area contributed by atoms with Gasteiger partial charge in [0, 0.05) is 29.8 Å². The fourth-order valence-electron chi connectivity index (χ4n) is 1.44. The summed E-state index contributed by atoms with van der Waals surface area (Å²) in [5, 5.41) is 0. The molecule has 18 heavy (non-hydrogen) atoms. The third-order valence-corrected chi connectivity index (χ3v) is 2.89. The van der Waals surface area contributed by atoms with Crippen LogP contribution in [0.3, 0.4) is 0 Å². The van der Waals surface area contributed by atoms with Gasteiger partial charge in [-0.15, -0.1) is 0 Å². The zero-order valence-electron chi connectivity index (χ0n) is 9.92. The molecule has 0 aliphatic heterocycles. The quantitative estimate of drug-likeness (QED) is 0.894. The second kappa shape index (κ2) is 4.12. The molecule has 2 aromatic heterocycles. The largest absolute Gasteiger partial charge is 0.399 e. The number of hydrogen-bond acceptors (Lipinski definition) is 2. The van der Waals surface area contributed by atoms with E-state index in [0.29, 0.717) is 11.4 Å². The Morgan fingerprint density at radius 2 is 1.89 bits per heavy atom. The molecule has 2 aromatic rings. The topological polar surface area (TPSA) is 41.6 Å². The highest BCUT2D eigenvalue weighted by Gasteiger charge is 2.49. The summed E-state index contributed by atoms with van der Waals surface area (Å²) < 4.78 is 38.6. The first-order chi connectivity index (χ1) is 8.32. The molecule has 0 saturated carbocycles. The molecule has 2 rings (SSSR count). The maximum absolute atomic E-state index is 12.9. The first-order valence-electron chi connectivity index (χ1n) is 5.35. The minimum atomic E-state index is -4.33. The average molecular weight is 255 g/mol. The Hall–Kier alpha value is -1.85. The van der Waals surface area contributed by atoms with Crippen LogP contribution >= 0.6 is 0 Å². The Morgan fingerprint density at radius 3 is 2.44 bits per heavy atom. The Morgan fingerprint density at radius 1 is 1.17 bits per heavy atom. The summed E-state index contributed by atoms with van der Waals surface area (Å²) in [6.07, 6.45) is 0.0256. The highest BCUT2D eigenvalue weighted by Crippen LogP contribution is 2.39. The van der Waals surface area contributed by atoms with Gasteiger partial charge in [-0.05, 0) is 26.0 Å². The van der Waals surface area contributed by atoms with Crippen LogP contribution in [0.1, 0.15) is 19.5 Å². The molecule has 0 unspecified atom stereocenters. The van der Waals surface area contributed by atoms with E-state index < -0.39 is 11.6 Å². The lowest BCUT2D eigenvalue weighted by Gasteiger charge is -2.26. The number of nitrogens with zero attached hydrogens (tertiary/aromatic N) is 2. The molecule has 1 N–H and O–H groups in total. The van der Waals surface area contributed by atoms with E-state index in [0.717, 1.165) is 13.8 Å². The Bertz CT molecular complexity index is 529. The summed E-state index contributed by atoms with van der Waals surface area (Å²) in [7, 11) is 0. The predicted octanol–water partition coefficient (Wildman–Crippen LogP) is 3.31. The fourth-order valence-corrected chi connectivity index (χ4v) is 1.44. The minimum absolute atomic E-state index is 0.0360. The zero-order valence-corrected chi connectivity index (χ0v) is 9.92. The van der Waals surface area contributed by atoms with Gasteiger partial charge in [0.05, 0.1) is 0 Å². The van der Waals surface area contributed by atoms with Crippen molar-refractivity contribution in [3.63, 3.8) is 0 Å². The van der Waals surface area contributed by atoms with Crippen LogP contribution in [0.4, 0.5) is 13.2 Å². The van der Waals surface area contributed by atoms with E-state index in [9.17, 15) is 13.2 Å². The lowest BCUT2D eigenvalue weighted by Crippen LogP contribution is -2.36. The summed E-state index contributed by atoms with van der Waals surface area (Å²) >= 11 is 0. The van der Waals surface area contributed by atoms with Crippen molar-refractivity contribution in [2.75, 3.05) is 0 Å². The molecule has 0 amide bonds. The van der Waals surface area contributed by atoms with E-state index in [4.69, 9.17) is 0 Å². The van der Waals surface area contributed by atoms with Crippen molar-refractivity contribution in [1.82, 2.24) is 15.0 Å². The van der Waals surface area contributed by atoms with Gasteiger partial charge in [-0.2, -0.15) is 13.2 Å². The van der Waals surface area contributed by atoms with Crippen LogP contribution in [0, 0.1) is 0 Å². The molecule has 0 radical (unpaired) electrons. The van der Waals surface area contributed by atoms with Crippen molar-refractivity contribution in [3.8, 4) is 11.4 Å². The first kappa shape index (κ1) is 12.6. The third-order valence-electron chi connectivity index (χ3n) is 2.89. The number of hydrogen-bond donors (Lipinski definition) is 1. The number of imidazole rings is 1. The third kappa shape index (κ3) is 2.10. The summed E-state index contributed by atoms with van der Waals surface area (Å²) in [6, 6.07) is 3.43. The van der Waals surface area contributed by atoms with Crippen molar-refractivity contribution in [2.45, 2.75) is 25.4 Å². The van der Waals surface area contributed by atoms with Gasteiger partial charge < -0.3 is 4.98 Å². The lowest BCUT2D eigenvalue weighted by molar-refractivity contribution is -0.181. The van der Waals surface area contributed by atoms with Gasteiger partial charge in [0.2, 0.25) is 0 Å². The van der Waals surface area contributed by atoms with Gasteiger partial charge in [0.15, 0.2) is 0 Å². The second-order valence-corrected chi connectivity index (χ2v) is 4.51. The first-order valence-corrected chi connectivity index (χ1v) is 5.35. The number of H-pyrrole nitrogens is 1. The molecule has 0 aliphatic carbocycles. The molecule has 0 fully saturated rings. The normalized spacial score (nSPS) is 12.7. The molecule has 0 aromatic carbocycles. The highest BCUT2D eigenvalue weighted by molar-refractivity contribution is 5.53. The van der Waals surface area contributed by atoms with Crippen molar-refractivity contribution in [2.24, 2.45) is 0 Å². The molecule has 0 bridgehead atoms. The van der Waals surface area contributed by atoms with Crippen molar-refractivity contribution < 1.29 is 13.2 Å². The van der Waals surface area contributed by atoms with Gasteiger partial charge in [0.25, 0.3) is 0 Å². The monoisotopic (exact) mass is 255 g/mol. The number of pyridine rings is 1. The van der Waals surface area contributed by atoms with Crippen LogP contribution < -0.4 is 0 Å². The van der Waals surface area contributed by atoms with E-state index in [2.05, 4.69) is 15.0 Å². The number of nitrogens with one attached hydrogen (secondary N) is 1. The summed E-state index contributed by atoms with van der Waals surface area (Å²) in [4.78, 5) is 10.6. The van der Waals surface area contributed by atoms with E-state index >= 15 is 0 Å². The predicted molar refractivity (Wildman–Crippen MR) is 60.9 cm³/mol. The zero-order chi connectivity index (χ0) is 13.4. The molecule has 96 valence electrons. The molecular weight excluding hydrogens is 243 g/mol. The van der Waals surface area contributed by atoms with Crippen LogP contribution in [0.5, 0.6) is 0 Å². The van der Waals surface area contributed by atoms with Gasteiger partial charge >= 0.3 is 6.18 Å². The molecule has 0 atom stereocenters. The number of halogens is 3. The molecular formula is C12H12F3N3. The van der Waals surface area contributed by atoms with Crippen molar-refractivity contribution in [1.29, 1.82) is 0 Å². The Labute approximate surface area is 102 Å². The molecule has 6 heteroatoms. The standard InChI is InChI=1S/C12H12F3N3/c1-11(2,12(13,14)15)9-7-17-10(18-9)8-4-3-5-16-6-8/h3-7H,1-2H3,(H,17,18). The number of aromatic amines is 1. The van der Waals surface area contributed by atoms with Gasteiger partial charge in [0.1, 0.15) is 11.2 Å². The number of alkyl halides is 3. The van der Waals surface area contributed by atoms with Crippen molar-refractivity contribution >= 4 is 0 Å². The number of aromatic nitrogens is 3. The van der Waals surface area contributed by atoms with Crippen molar-refractivity contribution in [3.05, 3.63) is 36.4 Å². The number of rotatable bonds is 2. The van der Waals surface area contributed by atoms with Crippen LogP contribution in [-0.4, -0.2) is 21.1 Å². The minimum Gasteiger partial charge on any atom is -0.341 e. The maximum atomic E-state index is 12.9. The summed E-state index contributed by atoms with van der Waals surface area (Å²) in [5.74, 6) is 0.385. The molecule has 0 aliphatic rings. The van der Waals surface area contributed by atoms with Crippen LogP contribution in [-0.2, 0) is 5.41 Å². The van der Waals surface area contributed by atoms with Gasteiger partial charge in [-0.1, -0.05) is 0 Å². The van der Waals surface area contributed by atoms with Crippen LogP contribution in [0.2, 0.25) is 0 Å². The van der Waals surface area contributed by atoms with Gasteiger partial charge in [-0.3, -0.25) is 4.98 Å². The highest BCUT2D eigenvalue weighted by atomic mass is 19.4. The maximum Gasteiger partial charge on any atom is 0.399 e. The Balaban J connectivity index is 2.38. The lowest BCUT2D eigenvalue weighted by atomic mass is 9.89. The van der Waals surface area contributed by atoms with E-state index in [1.54, 1.807) is 24.5 Å². The SMILES string of the molecule is CC(C)(c1cnc(-c2cccnc2)[nH]1)C(F)(F)F. The van der Waals surface area contributed by atoms with Crippen LogP contribution in [0.25, 0.3) is 11.4 Å². The Kier molecular flexibility index (Phi) is 2.88. The fraction of sp³-hybridized carbons (Fsp3) is 0.333. The summed E-state index contributed by atoms with van der Waals surface area (Å²) in [6.45, 7) is 2.24. The smallest absolute Gasteiger partial charge is 0.341 e. The van der Waals surface area contributed by atoms with E-state index in [-0.39, 0.29) is 5.69 Å².